The summed E-state index contributed by atoms with van der Waals surface area (Å²) in [6.07, 6.45) is 7.83. The maximum Gasteiger partial charge on any atom is 0.181 e. The van der Waals surface area contributed by atoms with E-state index < -0.39 is 0 Å². The average molecular weight is 314 g/mol. The molecule has 1 fully saturated rings. The summed E-state index contributed by atoms with van der Waals surface area (Å²) in [6, 6.07) is 13.1. The van der Waals surface area contributed by atoms with Crippen LogP contribution in [0.2, 0.25) is 0 Å². The van der Waals surface area contributed by atoms with Gasteiger partial charge in [0, 0.05) is 35.8 Å². The second-order valence-corrected chi connectivity index (χ2v) is 6.72. The van der Waals surface area contributed by atoms with E-state index in [-0.39, 0.29) is 0 Å². The summed E-state index contributed by atoms with van der Waals surface area (Å²) in [7, 11) is 1.91. The molecule has 1 aliphatic rings. The molecule has 118 valence electrons. The van der Waals surface area contributed by atoms with E-state index in [2.05, 4.69) is 46.5 Å². The van der Waals surface area contributed by atoms with E-state index in [0.29, 0.717) is 0 Å². The van der Waals surface area contributed by atoms with Crippen molar-refractivity contribution in [2.75, 3.05) is 0 Å². The SMILES string of the molecule is Cn1cc2cc(-c3ccc4ccc(C5CCC5)cc4n3)cnc2n1. The summed E-state index contributed by atoms with van der Waals surface area (Å²) in [4.78, 5) is 9.35. The van der Waals surface area contributed by atoms with Gasteiger partial charge < -0.3 is 0 Å². The number of hydrogen-bond donors (Lipinski definition) is 0. The normalized spacial score (nSPS) is 15.0. The number of rotatable bonds is 2. The van der Waals surface area contributed by atoms with Crippen LogP contribution in [0.25, 0.3) is 33.2 Å². The van der Waals surface area contributed by atoms with Crippen LogP contribution in [-0.2, 0) is 7.05 Å². The summed E-state index contributed by atoms with van der Waals surface area (Å²) >= 11 is 0. The van der Waals surface area contributed by atoms with Gasteiger partial charge in [0.1, 0.15) is 0 Å². The Balaban J connectivity index is 1.61. The Morgan fingerprint density at radius 1 is 1.04 bits per heavy atom. The van der Waals surface area contributed by atoms with Gasteiger partial charge in [0.05, 0.1) is 11.2 Å². The van der Waals surface area contributed by atoms with Crippen LogP contribution in [-0.4, -0.2) is 19.7 Å². The minimum absolute atomic E-state index is 0.730. The van der Waals surface area contributed by atoms with E-state index in [9.17, 15) is 0 Å². The minimum Gasteiger partial charge on any atom is -0.273 e. The van der Waals surface area contributed by atoms with E-state index in [1.54, 1.807) is 4.68 Å². The Morgan fingerprint density at radius 2 is 1.92 bits per heavy atom. The lowest BCUT2D eigenvalue weighted by Crippen LogP contribution is -2.08. The van der Waals surface area contributed by atoms with Gasteiger partial charge in [-0.3, -0.25) is 4.68 Å². The molecule has 0 radical (unpaired) electrons. The smallest absolute Gasteiger partial charge is 0.181 e. The average Bonchev–Trinajstić information content (AvgIpc) is 2.91. The zero-order valence-electron chi connectivity index (χ0n) is 13.6. The van der Waals surface area contributed by atoms with Crippen molar-refractivity contribution in [2.45, 2.75) is 25.2 Å². The lowest BCUT2D eigenvalue weighted by molar-refractivity contribution is 0.420. The quantitative estimate of drug-likeness (QED) is 0.549. The lowest BCUT2D eigenvalue weighted by atomic mass is 9.80. The third-order valence-electron chi connectivity index (χ3n) is 5.06. The molecule has 0 N–H and O–H groups in total. The van der Waals surface area contributed by atoms with Crippen molar-refractivity contribution in [3.8, 4) is 11.3 Å². The first-order chi connectivity index (χ1) is 11.8. The molecule has 0 amide bonds. The van der Waals surface area contributed by atoms with Crippen LogP contribution in [0.5, 0.6) is 0 Å². The highest BCUT2D eigenvalue weighted by atomic mass is 15.3. The van der Waals surface area contributed by atoms with Crippen LogP contribution in [0.3, 0.4) is 0 Å². The molecule has 0 unspecified atom stereocenters. The molecule has 24 heavy (non-hydrogen) atoms. The Morgan fingerprint density at radius 3 is 2.75 bits per heavy atom. The van der Waals surface area contributed by atoms with Crippen molar-refractivity contribution in [1.82, 2.24) is 19.7 Å². The van der Waals surface area contributed by atoms with Crippen LogP contribution in [0, 0.1) is 0 Å². The number of aromatic nitrogens is 4. The van der Waals surface area contributed by atoms with Crippen molar-refractivity contribution in [3.05, 3.63) is 54.4 Å². The molecule has 0 saturated heterocycles. The van der Waals surface area contributed by atoms with Crippen LogP contribution in [0.15, 0.2) is 48.8 Å². The molecule has 3 aromatic heterocycles. The van der Waals surface area contributed by atoms with E-state index in [1.165, 1.54) is 30.2 Å². The predicted octanol–water partition coefficient (Wildman–Crippen LogP) is 4.45. The van der Waals surface area contributed by atoms with Crippen LogP contribution in [0.4, 0.5) is 0 Å². The molecule has 4 heteroatoms. The summed E-state index contributed by atoms with van der Waals surface area (Å²) in [5, 5.41) is 6.56. The predicted molar refractivity (Wildman–Crippen MR) is 95.8 cm³/mol. The van der Waals surface area contributed by atoms with Crippen molar-refractivity contribution < 1.29 is 0 Å². The fraction of sp³-hybridized carbons (Fsp3) is 0.250. The Labute approximate surface area is 140 Å². The molecule has 5 rings (SSSR count). The number of fused-ring (bicyclic) bond motifs is 2. The first-order valence-electron chi connectivity index (χ1n) is 8.47. The van der Waals surface area contributed by atoms with Crippen molar-refractivity contribution >= 4 is 21.9 Å². The summed E-state index contributed by atoms with van der Waals surface area (Å²) in [5.41, 5.74) is 5.27. The summed E-state index contributed by atoms with van der Waals surface area (Å²) < 4.78 is 1.79. The molecule has 1 aromatic carbocycles. The van der Waals surface area contributed by atoms with E-state index in [0.717, 1.165) is 33.7 Å². The standard InChI is InChI=1S/C20H18N4/c1-24-12-17-9-16(11-21-20(17)23-24)18-8-7-14-5-6-15(10-19(14)22-18)13-3-2-4-13/h5-13H,2-4H2,1H3. The zero-order valence-corrected chi connectivity index (χ0v) is 13.6. The Kier molecular flexibility index (Phi) is 2.92. The lowest BCUT2D eigenvalue weighted by Gasteiger charge is -2.25. The van der Waals surface area contributed by atoms with Gasteiger partial charge in [0.15, 0.2) is 5.65 Å². The highest BCUT2D eigenvalue weighted by Gasteiger charge is 2.19. The highest BCUT2D eigenvalue weighted by Crippen LogP contribution is 2.37. The molecule has 1 saturated carbocycles. The number of pyridine rings is 2. The molecule has 0 bridgehead atoms. The Hall–Kier alpha value is -2.75. The monoisotopic (exact) mass is 314 g/mol. The molecular formula is C20H18N4. The third-order valence-corrected chi connectivity index (χ3v) is 5.06. The molecule has 0 aliphatic heterocycles. The highest BCUT2D eigenvalue weighted by molar-refractivity contribution is 5.84. The van der Waals surface area contributed by atoms with Crippen molar-refractivity contribution in [3.63, 3.8) is 0 Å². The largest absolute Gasteiger partial charge is 0.273 e. The van der Waals surface area contributed by atoms with Crippen molar-refractivity contribution in [2.24, 2.45) is 7.05 Å². The van der Waals surface area contributed by atoms with Gasteiger partial charge >= 0.3 is 0 Å². The molecule has 1 aliphatic carbocycles. The summed E-state index contributed by atoms with van der Waals surface area (Å²) in [6.45, 7) is 0. The molecule has 3 heterocycles. The number of nitrogens with zero attached hydrogens (tertiary/aromatic N) is 4. The fourth-order valence-electron chi connectivity index (χ4n) is 3.46. The molecule has 0 spiro atoms. The second-order valence-electron chi connectivity index (χ2n) is 6.72. The van der Waals surface area contributed by atoms with Crippen molar-refractivity contribution in [1.29, 1.82) is 0 Å². The minimum atomic E-state index is 0.730. The Bertz CT molecular complexity index is 1060. The van der Waals surface area contributed by atoms with E-state index >= 15 is 0 Å². The molecule has 4 aromatic rings. The number of aryl methyl sites for hydroxylation is 1. The van der Waals surface area contributed by atoms with Gasteiger partial charge in [-0.15, -0.1) is 0 Å². The van der Waals surface area contributed by atoms with Crippen LogP contribution in [0.1, 0.15) is 30.7 Å². The second kappa shape index (κ2) is 5.13. The topological polar surface area (TPSA) is 43.6 Å². The van der Waals surface area contributed by atoms with E-state index in [1.807, 2.05) is 19.4 Å². The molecule has 0 atom stereocenters. The number of hydrogen-bond acceptors (Lipinski definition) is 3. The maximum atomic E-state index is 4.89. The van der Waals surface area contributed by atoms with Gasteiger partial charge in [-0.05, 0) is 42.5 Å². The van der Waals surface area contributed by atoms with Gasteiger partial charge in [-0.25, -0.2) is 9.97 Å². The van der Waals surface area contributed by atoms with Gasteiger partial charge in [-0.1, -0.05) is 24.6 Å². The first-order valence-corrected chi connectivity index (χ1v) is 8.47. The third kappa shape index (κ3) is 2.18. The molecular weight excluding hydrogens is 296 g/mol. The first kappa shape index (κ1) is 13.7. The van der Waals surface area contributed by atoms with E-state index in [4.69, 9.17) is 4.98 Å². The summed E-state index contributed by atoms with van der Waals surface area (Å²) in [5.74, 6) is 0.730. The van der Waals surface area contributed by atoms with Crippen LogP contribution < -0.4 is 0 Å². The maximum absolute atomic E-state index is 4.89. The van der Waals surface area contributed by atoms with Gasteiger partial charge in [0.25, 0.3) is 0 Å². The van der Waals surface area contributed by atoms with Gasteiger partial charge in [-0.2, -0.15) is 5.10 Å². The van der Waals surface area contributed by atoms with Crippen LogP contribution >= 0.6 is 0 Å². The zero-order chi connectivity index (χ0) is 16.1. The fourth-order valence-corrected chi connectivity index (χ4v) is 3.46. The molecule has 4 nitrogen and oxygen atoms in total. The number of benzene rings is 1. The van der Waals surface area contributed by atoms with Gasteiger partial charge in [0.2, 0.25) is 0 Å².